The zero-order valence-corrected chi connectivity index (χ0v) is 11.5. The molecule has 1 heterocycles. The average Bonchev–Trinajstić information content (AvgIpc) is 2.40. The summed E-state index contributed by atoms with van der Waals surface area (Å²) in [6.07, 6.45) is 2.50. The van der Waals surface area contributed by atoms with Gasteiger partial charge in [0, 0.05) is 5.56 Å². The molecule has 18 heavy (non-hydrogen) atoms. The van der Waals surface area contributed by atoms with Gasteiger partial charge in [-0.05, 0) is 43.5 Å². The number of hydrogen-bond acceptors (Lipinski definition) is 4. The number of ketones is 1. The fourth-order valence-corrected chi connectivity index (χ4v) is 3.05. The van der Waals surface area contributed by atoms with Crippen LogP contribution in [-0.2, 0) is 0 Å². The molecule has 0 bridgehead atoms. The van der Waals surface area contributed by atoms with Crippen LogP contribution in [0.5, 0.6) is 5.75 Å². The highest BCUT2D eigenvalue weighted by Gasteiger charge is 2.15. The lowest BCUT2D eigenvalue weighted by Gasteiger charge is -2.22. The Morgan fingerprint density at radius 3 is 2.94 bits per heavy atom. The Balaban J connectivity index is 2.00. The monoisotopic (exact) mass is 265 g/mol. The summed E-state index contributed by atoms with van der Waals surface area (Å²) in [7, 11) is 1.78. The second kappa shape index (κ2) is 6.81. The zero-order valence-electron chi connectivity index (χ0n) is 10.6. The van der Waals surface area contributed by atoms with Gasteiger partial charge in [-0.1, -0.05) is 12.1 Å². The summed E-state index contributed by atoms with van der Waals surface area (Å²) in [6, 6.07) is 7.50. The molecule has 1 aromatic carbocycles. The minimum absolute atomic E-state index is 0.0992. The molecule has 1 fully saturated rings. The Morgan fingerprint density at radius 1 is 1.44 bits per heavy atom. The maximum Gasteiger partial charge on any atom is 0.176 e. The number of carbonyl (C=O) groups excluding carboxylic acids is 1. The highest BCUT2D eigenvalue weighted by Crippen LogP contribution is 2.23. The third-order valence-electron chi connectivity index (χ3n) is 2.96. The van der Waals surface area contributed by atoms with Crippen molar-refractivity contribution in [1.29, 1.82) is 0 Å². The summed E-state index contributed by atoms with van der Waals surface area (Å²) in [5.74, 6) is 3.25. The molecule has 0 spiro atoms. The molecule has 4 heteroatoms. The third kappa shape index (κ3) is 3.75. The van der Waals surface area contributed by atoms with Gasteiger partial charge in [-0.25, -0.2) is 0 Å². The molecule has 0 unspecified atom stereocenters. The second-order valence-electron chi connectivity index (χ2n) is 4.41. The molecule has 0 aliphatic carbocycles. The lowest BCUT2D eigenvalue weighted by molar-refractivity contribution is 0.0992. The number of Topliss-reactive ketones (excluding diaryl/α,β-unsaturated/α-hetero) is 1. The number of benzene rings is 1. The summed E-state index contributed by atoms with van der Waals surface area (Å²) in [5.41, 5.74) is 0.715. The summed E-state index contributed by atoms with van der Waals surface area (Å²) < 4.78 is 5.94. The van der Waals surface area contributed by atoms with Crippen molar-refractivity contribution in [2.45, 2.75) is 18.9 Å². The fourth-order valence-electron chi connectivity index (χ4n) is 1.99. The molecule has 1 N–H and O–H groups in total. The molecule has 1 aromatic rings. The van der Waals surface area contributed by atoms with Gasteiger partial charge in [0.25, 0.3) is 0 Å². The number of ether oxygens (including phenoxy) is 1. The van der Waals surface area contributed by atoms with Crippen LogP contribution in [0.15, 0.2) is 24.3 Å². The lowest BCUT2D eigenvalue weighted by atomic mass is 10.1. The largest absolute Gasteiger partial charge is 0.490 e. The van der Waals surface area contributed by atoms with Crippen LogP contribution in [0.4, 0.5) is 0 Å². The van der Waals surface area contributed by atoms with Crippen LogP contribution in [-0.4, -0.2) is 37.0 Å². The van der Waals surface area contributed by atoms with Crippen LogP contribution < -0.4 is 10.1 Å². The van der Waals surface area contributed by atoms with Gasteiger partial charge in [-0.3, -0.25) is 4.79 Å². The Bertz CT molecular complexity index is 403. The quantitative estimate of drug-likeness (QED) is 0.830. The molecule has 1 aliphatic heterocycles. The standard InChI is InChI=1S/C14H19NO2S/c1-15-10-14(16)11-3-2-4-13(9-11)17-12-5-7-18-8-6-12/h2-4,9,12,15H,5-8,10H2,1H3. The number of hydrogen-bond donors (Lipinski definition) is 1. The highest BCUT2D eigenvalue weighted by molar-refractivity contribution is 7.99. The highest BCUT2D eigenvalue weighted by atomic mass is 32.2. The van der Waals surface area contributed by atoms with Crippen molar-refractivity contribution in [1.82, 2.24) is 5.32 Å². The lowest BCUT2D eigenvalue weighted by Crippen LogP contribution is -2.22. The molecule has 2 rings (SSSR count). The summed E-state index contributed by atoms with van der Waals surface area (Å²) in [6.45, 7) is 0.365. The summed E-state index contributed by atoms with van der Waals surface area (Å²) in [4.78, 5) is 11.8. The van der Waals surface area contributed by atoms with E-state index in [1.165, 1.54) is 11.5 Å². The number of thioether (sulfide) groups is 1. The average molecular weight is 265 g/mol. The molecule has 1 aliphatic rings. The van der Waals surface area contributed by atoms with Crippen molar-refractivity contribution in [3.05, 3.63) is 29.8 Å². The van der Waals surface area contributed by atoms with Gasteiger partial charge in [0.15, 0.2) is 5.78 Å². The first kappa shape index (κ1) is 13.4. The van der Waals surface area contributed by atoms with Gasteiger partial charge >= 0.3 is 0 Å². The molecule has 0 aromatic heterocycles. The molecule has 3 nitrogen and oxygen atoms in total. The topological polar surface area (TPSA) is 38.3 Å². The van der Waals surface area contributed by atoms with Crippen LogP contribution in [0.2, 0.25) is 0 Å². The Morgan fingerprint density at radius 2 is 2.22 bits per heavy atom. The van der Waals surface area contributed by atoms with Crippen molar-refractivity contribution in [3.8, 4) is 5.75 Å². The maximum absolute atomic E-state index is 11.8. The van der Waals surface area contributed by atoms with Crippen LogP contribution in [0.1, 0.15) is 23.2 Å². The Hall–Kier alpha value is -1.00. The third-order valence-corrected chi connectivity index (χ3v) is 4.01. The van der Waals surface area contributed by atoms with E-state index in [1.54, 1.807) is 7.05 Å². The van der Waals surface area contributed by atoms with Crippen molar-refractivity contribution in [2.75, 3.05) is 25.1 Å². The summed E-state index contributed by atoms with van der Waals surface area (Å²) in [5, 5.41) is 2.87. The van der Waals surface area contributed by atoms with Gasteiger partial charge in [0.2, 0.25) is 0 Å². The van der Waals surface area contributed by atoms with E-state index in [9.17, 15) is 4.79 Å². The first-order valence-electron chi connectivity index (χ1n) is 6.32. The van der Waals surface area contributed by atoms with Crippen LogP contribution in [0.3, 0.4) is 0 Å². The minimum Gasteiger partial charge on any atom is -0.490 e. The number of rotatable bonds is 5. The normalized spacial score (nSPS) is 16.5. The van der Waals surface area contributed by atoms with E-state index in [0.29, 0.717) is 18.2 Å². The van der Waals surface area contributed by atoms with E-state index in [2.05, 4.69) is 5.32 Å². The van der Waals surface area contributed by atoms with Crippen molar-refractivity contribution in [3.63, 3.8) is 0 Å². The minimum atomic E-state index is 0.0992. The molecule has 98 valence electrons. The molecule has 0 atom stereocenters. The van der Waals surface area contributed by atoms with Gasteiger partial charge in [-0.15, -0.1) is 0 Å². The predicted octanol–water partition coefficient (Wildman–Crippen LogP) is 2.36. The predicted molar refractivity (Wildman–Crippen MR) is 75.7 cm³/mol. The Labute approximate surface area is 112 Å². The van der Waals surface area contributed by atoms with E-state index in [4.69, 9.17) is 4.74 Å². The van der Waals surface area contributed by atoms with Crippen LogP contribution in [0, 0.1) is 0 Å². The van der Waals surface area contributed by atoms with E-state index in [-0.39, 0.29) is 5.78 Å². The Kier molecular flexibility index (Phi) is 5.08. The van der Waals surface area contributed by atoms with Crippen molar-refractivity contribution >= 4 is 17.5 Å². The van der Waals surface area contributed by atoms with E-state index >= 15 is 0 Å². The van der Waals surface area contributed by atoms with Crippen LogP contribution in [0.25, 0.3) is 0 Å². The van der Waals surface area contributed by atoms with E-state index in [0.717, 1.165) is 18.6 Å². The first-order valence-corrected chi connectivity index (χ1v) is 7.47. The van der Waals surface area contributed by atoms with Crippen LogP contribution >= 0.6 is 11.8 Å². The van der Waals surface area contributed by atoms with Gasteiger partial charge in [0.1, 0.15) is 11.9 Å². The molecular formula is C14H19NO2S. The van der Waals surface area contributed by atoms with E-state index in [1.807, 2.05) is 36.0 Å². The van der Waals surface area contributed by atoms with Crippen molar-refractivity contribution < 1.29 is 9.53 Å². The van der Waals surface area contributed by atoms with Gasteiger partial charge in [0.05, 0.1) is 6.54 Å². The smallest absolute Gasteiger partial charge is 0.176 e. The van der Waals surface area contributed by atoms with Gasteiger partial charge in [-0.2, -0.15) is 11.8 Å². The maximum atomic E-state index is 11.8. The summed E-state index contributed by atoms with van der Waals surface area (Å²) >= 11 is 1.98. The number of nitrogens with one attached hydrogen (secondary N) is 1. The zero-order chi connectivity index (χ0) is 12.8. The molecule has 1 saturated heterocycles. The fraction of sp³-hybridized carbons (Fsp3) is 0.500. The van der Waals surface area contributed by atoms with Crippen molar-refractivity contribution in [2.24, 2.45) is 0 Å². The van der Waals surface area contributed by atoms with Gasteiger partial charge < -0.3 is 10.1 Å². The second-order valence-corrected chi connectivity index (χ2v) is 5.64. The molecular weight excluding hydrogens is 246 g/mol. The number of likely N-dealkylation sites (N-methyl/N-ethyl adjacent to an activating group) is 1. The SMILES string of the molecule is CNCC(=O)c1cccc(OC2CCSCC2)c1. The molecule has 0 radical (unpaired) electrons. The number of carbonyl (C=O) groups is 1. The molecule has 0 amide bonds. The van der Waals surface area contributed by atoms with E-state index < -0.39 is 0 Å². The molecule has 0 saturated carbocycles. The first-order chi connectivity index (χ1) is 8.79.